The lowest BCUT2D eigenvalue weighted by Crippen LogP contribution is -2.22. The highest BCUT2D eigenvalue weighted by Crippen LogP contribution is 2.45. The Morgan fingerprint density at radius 2 is 1.81 bits per heavy atom. The molecule has 0 bridgehead atoms. The van der Waals surface area contributed by atoms with Crippen molar-refractivity contribution < 1.29 is 5.11 Å². The van der Waals surface area contributed by atoms with Crippen LogP contribution in [-0.2, 0) is 0 Å². The molecular weight excluding hydrogens is 414 g/mol. The van der Waals surface area contributed by atoms with Crippen molar-refractivity contribution in [1.29, 1.82) is 0 Å². The molecule has 1 N–H and O–H groups in total. The summed E-state index contributed by atoms with van der Waals surface area (Å²) in [6.45, 7) is 10.8. The summed E-state index contributed by atoms with van der Waals surface area (Å²) in [6.07, 6.45) is 6.00. The van der Waals surface area contributed by atoms with Gasteiger partial charge in [0.25, 0.3) is 0 Å². The van der Waals surface area contributed by atoms with Gasteiger partial charge < -0.3 is 5.11 Å². The number of benzene rings is 2. The van der Waals surface area contributed by atoms with E-state index < -0.39 is 6.10 Å². The van der Waals surface area contributed by atoms with Crippen LogP contribution in [0.3, 0.4) is 0 Å². The second kappa shape index (κ2) is 10.9. The van der Waals surface area contributed by atoms with E-state index in [2.05, 4.69) is 82.1 Å². The van der Waals surface area contributed by atoms with Crippen LogP contribution in [0.2, 0.25) is 5.02 Å². The molecule has 168 valence electrons. The maximum atomic E-state index is 11.7. The molecule has 0 radical (unpaired) electrons. The van der Waals surface area contributed by atoms with Crippen molar-refractivity contribution in [2.24, 2.45) is 5.92 Å². The molecule has 0 amide bonds. The molecule has 32 heavy (non-hydrogen) atoms. The Hall–Kier alpha value is -2.42. The molecule has 0 aliphatic rings. The van der Waals surface area contributed by atoms with Crippen LogP contribution in [0.4, 0.5) is 0 Å². The predicted octanol–water partition coefficient (Wildman–Crippen LogP) is 8.11. The summed E-state index contributed by atoms with van der Waals surface area (Å²) in [5.74, 6) is 0.316. The zero-order valence-electron chi connectivity index (χ0n) is 19.7. The molecule has 0 aliphatic carbocycles. The van der Waals surface area contributed by atoms with Gasteiger partial charge in [0.1, 0.15) is 0 Å². The Bertz CT molecular complexity index is 1060. The van der Waals surface area contributed by atoms with E-state index in [1.807, 2.05) is 18.2 Å². The Kier molecular flexibility index (Phi) is 8.28. The monoisotopic (exact) mass is 447 g/mol. The van der Waals surface area contributed by atoms with Gasteiger partial charge in [-0.2, -0.15) is 0 Å². The molecule has 2 nitrogen and oxygen atoms in total. The summed E-state index contributed by atoms with van der Waals surface area (Å²) in [6, 6.07) is 18.6. The van der Waals surface area contributed by atoms with Gasteiger partial charge in [0.05, 0.1) is 6.10 Å². The second-order valence-electron chi connectivity index (χ2n) is 8.74. The predicted molar refractivity (Wildman–Crippen MR) is 136 cm³/mol. The maximum absolute atomic E-state index is 11.7. The zero-order valence-corrected chi connectivity index (χ0v) is 20.5. The van der Waals surface area contributed by atoms with Crippen molar-refractivity contribution in [3.8, 4) is 0 Å². The van der Waals surface area contributed by atoms with E-state index in [1.165, 1.54) is 22.3 Å². The van der Waals surface area contributed by atoms with E-state index in [4.69, 9.17) is 11.6 Å². The number of aliphatic hydroxyl groups excluding tert-OH is 1. The van der Waals surface area contributed by atoms with E-state index in [-0.39, 0.29) is 11.8 Å². The first-order chi connectivity index (χ1) is 15.4. The number of aromatic nitrogens is 1. The molecule has 0 saturated heterocycles. The van der Waals surface area contributed by atoms with Gasteiger partial charge >= 0.3 is 0 Å². The number of pyridine rings is 1. The van der Waals surface area contributed by atoms with Crippen molar-refractivity contribution in [1.82, 2.24) is 4.98 Å². The highest BCUT2D eigenvalue weighted by molar-refractivity contribution is 6.30. The quantitative estimate of drug-likeness (QED) is 0.378. The van der Waals surface area contributed by atoms with Crippen LogP contribution >= 0.6 is 11.6 Å². The summed E-state index contributed by atoms with van der Waals surface area (Å²) in [5.41, 5.74) is 6.80. The average molecular weight is 448 g/mol. The minimum absolute atomic E-state index is 0.0942. The molecule has 0 aliphatic heterocycles. The lowest BCUT2D eigenvalue weighted by Gasteiger charge is -2.33. The Morgan fingerprint density at radius 3 is 2.44 bits per heavy atom. The number of hydrogen-bond donors (Lipinski definition) is 1. The largest absolute Gasteiger partial charge is 0.388 e. The van der Waals surface area contributed by atoms with Gasteiger partial charge in [-0.15, -0.1) is 0 Å². The van der Waals surface area contributed by atoms with Crippen molar-refractivity contribution in [2.75, 3.05) is 0 Å². The molecule has 0 spiro atoms. The van der Waals surface area contributed by atoms with Crippen molar-refractivity contribution >= 4 is 17.2 Å². The molecule has 4 unspecified atom stereocenters. The van der Waals surface area contributed by atoms with Crippen LogP contribution < -0.4 is 0 Å². The molecule has 3 rings (SSSR count). The first-order valence-electron chi connectivity index (χ1n) is 11.5. The second-order valence-corrected chi connectivity index (χ2v) is 9.18. The van der Waals surface area contributed by atoms with Crippen LogP contribution in [0, 0.1) is 12.8 Å². The smallest absolute Gasteiger partial charge is 0.0879 e. The van der Waals surface area contributed by atoms with Crippen LogP contribution in [0.1, 0.15) is 79.9 Å². The standard InChI is InChI=1S/C29H34ClNO/c1-6-20(4)27-17-24(30)13-14-26(27)25(7-2)28(29(32)23-12-9-15-31-18-23)21(5)22-11-8-10-19(3)16-22/h7-18,20-21,28-29,32H,6H2,1-5H3/b25-7-. The van der Waals surface area contributed by atoms with Crippen LogP contribution in [0.5, 0.6) is 0 Å². The lowest BCUT2D eigenvalue weighted by atomic mass is 9.73. The highest BCUT2D eigenvalue weighted by atomic mass is 35.5. The molecule has 0 saturated carbocycles. The Morgan fingerprint density at radius 1 is 1.06 bits per heavy atom. The number of aryl methyl sites for hydroxylation is 1. The SMILES string of the molecule is C/C=C(/c1ccc(Cl)cc1C(C)CC)C(C(C)c1cccc(C)c1)C(O)c1cccnc1. The molecule has 2 aromatic carbocycles. The number of rotatable bonds is 8. The molecular formula is C29H34ClNO. The van der Waals surface area contributed by atoms with Crippen molar-refractivity contribution in [3.05, 3.63) is 106 Å². The maximum Gasteiger partial charge on any atom is 0.0879 e. The molecule has 4 atom stereocenters. The van der Waals surface area contributed by atoms with Crippen LogP contribution in [-0.4, -0.2) is 10.1 Å². The third kappa shape index (κ3) is 5.31. The van der Waals surface area contributed by atoms with Crippen molar-refractivity contribution in [2.45, 2.75) is 59.0 Å². The summed E-state index contributed by atoms with van der Waals surface area (Å²) in [5, 5.41) is 12.4. The number of allylic oxidation sites excluding steroid dienone is 1. The molecule has 3 aromatic rings. The molecule has 0 fully saturated rings. The van der Waals surface area contributed by atoms with Crippen molar-refractivity contribution in [3.63, 3.8) is 0 Å². The molecule has 1 aromatic heterocycles. The van der Waals surface area contributed by atoms with Gasteiger partial charge in [0, 0.05) is 23.3 Å². The fourth-order valence-corrected chi connectivity index (χ4v) is 4.76. The third-order valence-electron chi connectivity index (χ3n) is 6.61. The molecule has 1 heterocycles. The average Bonchev–Trinajstić information content (AvgIpc) is 2.82. The summed E-state index contributed by atoms with van der Waals surface area (Å²) in [7, 11) is 0. The van der Waals surface area contributed by atoms with E-state index in [9.17, 15) is 5.11 Å². The van der Waals surface area contributed by atoms with Gasteiger partial charge in [-0.3, -0.25) is 4.98 Å². The van der Waals surface area contributed by atoms with E-state index in [0.717, 1.165) is 22.6 Å². The van der Waals surface area contributed by atoms with Crippen LogP contribution in [0.25, 0.3) is 5.57 Å². The van der Waals surface area contributed by atoms with Crippen LogP contribution in [0.15, 0.2) is 73.1 Å². The van der Waals surface area contributed by atoms with E-state index in [0.29, 0.717) is 5.92 Å². The number of halogens is 1. The Balaban J connectivity index is 2.18. The van der Waals surface area contributed by atoms with E-state index >= 15 is 0 Å². The van der Waals surface area contributed by atoms with Gasteiger partial charge in [-0.25, -0.2) is 0 Å². The fourth-order valence-electron chi connectivity index (χ4n) is 4.58. The Labute approximate surface area is 198 Å². The lowest BCUT2D eigenvalue weighted by molar-refractivity contribution is 0.124. The highest BCUT2D eigenvalue weighted by Gasteiger charge is 2.32. The zero-order chi connectivity index (χ0) is 23.3. The summed E-state index contributed by atoms with van der Waals surface area (Å²) < 4.78 is 0. The summed E-state index contributed by atoms with van der Waals surface area (Å²) >= 11 is 6.40. The number of hydrogen-bond acceptors (Lipinski definition) is 2. The molecule has 3 heteroatoms. The third-order valence-corrected chi connectivity index (χ3v) is 6.85. The topological polar surface area (TPSA) is 33.1 Å². The van der Waals surface area contributed by atoms with Gasteiger partial charge in [0.15, 0.2) is 0 Å². The minimum Gasteiger partial charge on any atom is -0.388 e. The fraction of sp³-hybridized carbons (Fsp3) is 0.345. The van der Waals surface area contributed by atoms with Gasteiger partial charge in [-0.05, 0) is 78.1 Å². The summed E-state index contributed by atoms with van der Waals surface area (Å²) in [4.78, 5) is 4.27. The van der Waals surface area contributed by atoms with Gasteiger partial charge in [-0.1, -0.05) is 80.4 Å². The minimum atomic E-state index is -0.689. The van der Waals surface area contributed by atoms with E-state index in [1.54, 1.807) is 12.4 Å². The first-order valence-corrected chi connectivity index (χ1v) is 11.9. The van der Waals surface area contributed by atoms with Gasteiger partial charge in [0.2, 0.25) is 0 Å². The first kappa shape index (κ1) is 24.2. The number of aliphatic hydroxyl groups is 1. The normalized spacial score (nSPS) is 15.8. The number of nitrogens with zero attached hydrogens (tertiary/aromatic N) is 1.